The largest absolute Gasteiger partial charge is 0.374 e. The van der Waals surface area contributed by atoms with E-state index >= 15 is 0 Å². The minimum Gasteiger partial charge on any atom is -0.374 e. The van der Waals surface area contributed by atoms with Crippen LogP contribution < -0.4 is 11.3 Å². The first-order chi connectivity index (χ1) is 9.30. The van der Waals surface area contributed by atoms with Crippen LogP contribution >= 0.6 is 11.3 Å². The number of hydrogen-bond acceptors (Lipinski definition) is 4. The van der Waals surface area contributed by atoms with Gasteiger partial charge in [0, 0.05) is 6.61 Å². The number of hydrazine groups is 1. The molecular formula is C15H26N2OS. The third-order valence-electron chi connectivity index (χ3n) is 4.24. The van der Waals surface area contributed by atoms with E-state index in [0.29, 0.717) is 0 Å². The van der Waals surface area contributed by atoms with Gasteiger partial charge in [-0.15, -0.1) is 0 Å². The van der Waals surface area contributed by atoms with Gasteiger partial charge in [-0.25, -0.2) is 0 Å². The standard InChI is InChI=1S/C15H26N2OS/c1-2-18-15(8-5-3-4-6-9-15)14(17-16)11-13-7-10-19-12-13/h7,10,12,14,17H,2-6,8-9,11,16H2,1H3. The molecule has 1 saturated carbocycles. The number of nitrogens with two attached hydrogens (primary N) is 1. The highest BCUT2D eigenvalue weighted by molar-refractivity contribution is 7.07. The van der Waals surface area contributed by atoms with Crippen molar-refractivity contribution in [2.45, 2.75) is 63.5 Å². The second kappa shape index (κ2) is 7.39. The lowest BCUT2D eigenvalue weighted by Gasteiger charge is -2.40. The Morgan fingerprint density at radius 3 is 2.63 bits per heavy atom. The van der Waals surface area contributed by atoms with Crippen LogP contribution in [0, 0.1) is 0 Å². The lowest BCUT2D eigenvalue weighted by atomic mass is 9.83. The average molecular weight is 282 g/mol. The number of rotatable bonds is 6. The van der Waals surface area contributed by atoms with Crippen molar-refractivity contribution in [3.8, 4) is 0 Å². The van der Waals surface area contributed by atoms with Gasteiger partial charge in [0.2, 0.25) is 0 Å². The van der Waals surface area contributed by atoms with Crippen LogP contribution in [0.5, 0.6) is 0 Å². The van der Waals surface area contributed by atoms with E-state index < -0.39 is 0 Å². The summed E-state index contributed by atoms with van der Waals surface area (Å²) in [4.78, 5) is 0. The van der Waals surface area contributed by atoms with Crippen molar-refractivity contribution in [3.05, 3.63) is 22.4 Å². The van der Waals surface area contributed by atoms with Crippen molar-refractivity contribution in [1.82, 2.24) is 5.43 Å². The van der Waals surface area contributed by atoms with Gasteiger partial charge in [0.25, 0.3) is 0 Å². The molecule has 0 amide bonds. The molecule has 1 aliphatic carbocycles. The fourth-order valence-electron chi connectivity index (χ4n) is 3.25. The maximum atomic E-state index is 6.21. The van der Waals surface area contributed by atoms with Gasteiger partial charge in [-0.2, -0.15) is 11.3 Å². The van der Waals surface area contributed by atoms with E-state index in [0.717, 1.165) is 25.9 Å². The minimum absolute atomic E-state index is 0.0814. The molecule has 1 unspecified atom stereocenters. The summed E-state index contributed by atoms with van der Waals surface area (Å²) in [5.74, 6) is 5.86. The molecule has 2 rings (SSSR count). The summed E-state index contributed by atoms with van der Waals surface area (Å²) in [5.41, 5.74) is 4.32. The Morgan fingerprint density at radius 1 is 1.37 bits per heavy atom. The van der Waals surface area contributed by atoms with E-state index in [1.165, 1.54) is 31.2 Å². The molecule has 1 aromatic rings. The van der Waals surface area contributed by atoms with Gasteiger partial charge in [0.05, 0.1) is 11.6 Å². The first-order valence-corrected chi connectivity index (χ1v) is 8.36. The molecule has 3 nitrogen and oxygen atoms in total. The quantitative estimate of drug-likeness (QED) is 0.478. The zero-order valence-electron chi connectivity index (χ0n) is 11.9. The molecule has 1 aromatic heterocycles. The van der Waals surface area contributed by atoms with Crippen LogP contribution in [0.25, 0.3) is 0 Å². The zero-order chi connectivity index (χ0) is 13.6. The van der Waals surface area contributed by atoms with Crippen molar-refractivity contribution in [2.24, 2.45) is 5.84 Å². The number of nitrogens with one attached hydrogen (secondary N) is 1. The Balaban J connectivity index is 2.13. The molecule has 1 atom stereocenters. The normalized spacial score (nSPS) is 20.9. The van der Waals surface area contributed by atoms with Crippen molar-refractivity contribution < 1.29 is 4.74 Å². The van der Waals surface area contributed by atoms with E-state index in [4.69, 9.17) is 10.6 Å². The lowest BCUT2D eigenvalue weighted by Crippen LogP contribution is -2.56. The van der Waals surface area contributed by atoms with Crippen LogP contribution in [0.4, 0.5) is 0 Å². The molecule has 108 valence electrons. The SMILES string of the molecule is CCOC1(C(Cc2ccsc2)NN)CCCCCC1. The lowest BCUT2D eigenvalue weighted by molar-refractivity contribution is -0.0768. The summed E-state index contributed by atoms with van der Waals surface area (Å²) in [6, 6.07) is 2.39. The van der Waals surface area contributed by atoms with Crippen LogP contribution in [-0.4, -0.2) is 18.2 Å². The second-order valence-electron chi connectivity index (χ2n) is 5.47. The highest BCUT2D eigenvalue weighted by Gasteiger charge is 2.39. The number of hydrogen-bond donors (Lipinski definition) is 2. The Hall–Kier alpha value is -0.420. The highest BCUT2D eigenvalue weighted by Crippen LogP contribution is 2.34. The molecule has 1 fully saturated rings. The van der Waals surface area contributed by atoms with Crippen LogP contribution in [-0.2, 0) is 11.2 Å². The van der Waals surface area contributed by atoms with E-state index in [-0.39, 0.29) is 11.6 Å². The van der Waals surface area contributed by atoms with E-state index in [1.807, 2.05) is 0 Å². The first kappa shape index (κ1) is 15.0. The maximum absolute atomic E-state index is 6.21. The summed E-state index contributed by atoms with van der Waals surface area (Å²) in [6.07, 6.45) is 8.36. The summed E-state index contributed by atoms with van der Waals surface area (Å²) in [7, 11) is 0. The van der Waals surface area contributed by atoms with E-state index in [9.17, 15) is 0 Å². The molecule has 19 heavy (non-hydrogen) atoms. The highest BCUT2D eigenvalue weighted by atomic mass is 32.1. The summed E-state index contributed by atoms with van der Waals surface area (Å²) >= 11 is 1.75. The predicted molar refractivity (Wildman–Crippen MR) is 81.2 cm³/mol. The fraction of sp³-hybridized carbons (Fsp3) is 0.733. The van der Waals surface area contributed by atoms with Gasteiger partial charge < -0.3 is 4.74 Å². The molecule has 0 aliphatic heterocycles. The monoisotopic (exact) mass is 282 g/mol. The molecule has 0 spiro atoms. The minimum atomic E-state index is -0.0814. The van der Waals surface area contributed by atoms with Gasteiger partial charge in [-0.05, 0) is 48.6 Å². The molecule has 0 radical (unpaired) electrons. The smallest absolute Gasteiger partial charge is 0.0851 e. The number of thiophene rings is 1. The molecule has 3 N–H and O–H groups in total. The Kier molecular flexibility index (Phi) is 5.82. The third-order valence-corrected chi connectivity index (χ3v) is 4.97. The molecule has 0 saturated heterocycles. The van der Waals surface area contributed by atoms with Gasteiger partial charge in [-0.1, -0.05) is 25.7 Å². The third kappa shape index (κ3) is 3.78. The summed E-state index contributed by atoms with van der Waals surface area (Å²) in [5, 5.41) is 4.34. The molecule has 1 aliphatic rings. The van der Waals surface area contributed by atoms with Crippen LogP contribution in [0.1, 0.15) is 51.0 Å². The Labute approximate surface area is 120 Å². The molecule has 4 heteroatoms. The van der Waals surface area contributed by atoms with Crippen molar-refractivity contribution in [2.75, 3.05) is 6.61 Å². The Morgan fingerprint density at radius 2 is 2.11 bits per heavy atom. The Bertz CT molecular complexity index is 345. The van der Waals surface area contributed by atoms with E-state index in [1.54, 1.807) is 11.3 Å². The van der Waals surface area contributed by atoms with E-state index in [2.05, 4.69) is 29.2 Å². The van der Waals surface area contributed by atoms with Gasteiger partial charge >= 0.3 is 0 Å². The number of ether oxygens (including phenoxy) is 1. The molecular weight excluding hydrogens is 256 g/mol. The van der Waals surface area contributed by atoms with Crippen LogP contribution in [0.3, 0.4) is 0 Å². The van der Waals surface area contributed by atoms with Crippen molar-refractivity contribution in [1.29, 1.82) is 0 Å². The average Bonchev–Trinajstić information content (AvgIpc) is 2.82. The van der Waals surface area contributed by atoms with Crippen LogP contribution in [0.2, 0.25) is 0 Å². The topological polar surface area (TPSA) is 47.3 Å². The van der Waals surface area contributed by atoms with Crippen LogP contribution in [0.15, 0.2) is 16.8 Å². The van der Waals surface area contributed by atoms with Gasteiger partial charge in [0.1, 0.15) is 0 Å². The van der Waals surface area contributed by atoms with Crippen molar-refractivity contribution >= 4 is 11.3 Å². The maximum Gasteiger partial charge on any atom is 0.0851 e. The first-order valence-electron chi connectivity index (χ1n) is 7.42. The fourth-order valence-corrected chi connectivity index (χ4v) is 3.93. The van der Waals surface area contributed by atoms with Crippen molar-refractivity contribution in [3.63, 3.8) is 0 Å². The molecule has 1 heterocycles. The van der Waals surface area contributed by atoms with Gasteiger partial charge in [-0.3, -0.25) is 11.3 Å². The predicted octanol–water partition coefficient (Wildman–Crippen LogP) is 3.25. The van der Waals surface area contributed by atoms with Gasteiger partial charge in [0.15, 0.2) is 0 Å². The summed E-state index contributed by atoms with van der Waals surface area (Å²) in [6.45, 7) is 2.85. The zero-order valence-corrected chi connectivity index (χ0v) is 12.7. The summed E-state index contributed by atoms with van der Waals surface area (Å²) < 4.78 is 6.21. The second-order valence-corrected chi connectivity index (χ2v) is 6.25. The molecule has 0 aromatic carbocycles. The molecule has 0 bridgehead atoms.